The molecule has 0 saturated carbocycles. The van der Waals surface area contributed by atoms with Gasteiger partial charge in [-0.05, 0) is 47.9 Å². The van der Waals surface area contributed by atoms with Crippen LogP contribution in [0, 0.1) is 0 Å². The molecule has 1 atom stereocenters. The van der Waals surface area contributed by atoms with Crippen LogP contribution in [0.5, 0.6) is 11.5 Å². The molecule has 178 valence electrons. The smallest absolute Gasteiger partial charge is 0.419 e. The van der Waals surface area contributed by atoms with Crippen molar-refractivity contribution in [3.8, 4) is 11.5 Å². The van der Waals surface area contributed by atoms with E-state index in [0.717, 1.165) is 11.1 Å². The largest absolute Gasteiger partial charge is 0.493 e. The summed E-state index contributed by atoms with van der Waals surface area (Å²) in [5.74, 6) is 0.462. The monoisotopic (exact) mass is 482 g/mol. The highest BCUT2D eigenvalue weighted by Crippen LogP contribution is 2.32. The summed E-state index contributed by atoms with van der Waals surface area (Å²) in [7, 11) is 0.821. The van der Waals surface area contributed by atoms with E-state index >= 15 is 0 Å². The van der Waals surface area contributed by atoms with Gasteiger partial charge in [0.15, 0.2) is 17.1 Å². The molecule has 0 bridgehead atoms. The Balaban J connectivity index is 1.63. The van der Waals surface area contributed by atoms with Crippen LogP contribution < -0.4 is 20.0 Å². The van der Waals surface area contributed by atoms with Crippen LogP contribution in [-0.2, 0) is 23.5 Å². The fraction of sp³-hybridized carbons (Fsp3) is 0.240. The van der Waals surface area contributed by atoms with E-state index in [1.807, 2.05) is 48.5 Å². The van der Waals surface area contributed by atoms with E-state index in [1.165, 1.54) is 29.8 Å². The number of hydrogen-bond acceptors (Lipinski definition) is 6. The Morgan fingerprint density at radius 1 is 0.971 bits per heavy atom. The minimum Gasteiger partial charge on any atom is -0.493 e. The van der Waals surface area contributed by atoms with Gasteiger partial charge in [0, 0.05) is 19.5 Å². The number of oxazole rings is 1. The Bertz CT molecular complexity index is 1460. The van der Waals surface area contributed by atoms with Crippen molar-refractivity contribution in [1.82, 2.24) is 9.29 Å². The van der Waals surface area contributed by atoms with E-state index in [9.17, 15) is 13.2 Å². The Morgan fingerprint density at radius 3 is 2.41 bits per heavy atom. The molecule has 0 unspecified atom stereocenters. The fourth-order valence-corrected chi connectivity index (χ4v) is 4.98. The number of aryl methyl sites for hydroxylation is 1. The number of nitrogens with zero attached hydrogens (tertiary/aromatic N) is 1. The highest BCUT2D eigenvalue weighted by molar-refractivity contribution is 7.89. The molecule has 0 amide bonds. The predicted octanol–water partition coefficient (Wildman–Crippen LogP) is 3.45. The summed E-state index contributed by atoms with van der Waals surface area (Å²) < 4.78 is 46.2. The molecule has 1 heterocycles. The van der Waals surface area contributed by atoms with Gasteiger partial charge < -0.3 is 13.9 Å². The second-order valence-electron chi connectivity index (χ2n) is 7.91. The molecule has 1 aromatic heterocycles. The first-order chi connectivity index (χ1) is 16.3. The van der Waals surface area contributed by atoms with Gasteiger partial charge in [0.1, 0.15) is 0 Å². The van der Waals surface area contributed by atoms with Crippen LogP contribution in [-0.4, -0.2) is 33.7 Å². The van der Waals surface area contributed by atoms with Crippen LogP contribution in [0.3, 0.4) is 0 Å². The first-order valence-corrected chi connectivity index (χ1v) is 12.2. The van der Waals surface area contributed by atoms with Gasteiger partial charge in [-0.25, -0.2) is 17.9 Å². The topological polar surface area (TPSA) is 99.8 Å². The molecule has 4 rings (SSSR count). The fourth-order valence-electron chi connectivity index (χ4n) is 3.88. The summed E-state index contributed by atoms with van der Waals surface area (Å²) in [6.07, 6.45) is 0.619. The van der Waals surface area contributed by atoms with Crippen LogP contribution in [0.2, 0.25) is 0 Å². The number of aromatic nitrogens is 1. The lowest BCUT2D eigenvalue weighted by atomic mass is 9.92. The van der Waals surface area contributed by atoms with E-state index in [1.54, 1.807) is 14.2 Å². The molecular weight excluding hydrogens is 456 g/mol. The summed E-state index contributed by atoms with van der Waals surface area (Å²) in [6, 6.07) is 19.8. The standard InChI is InChI=1S/C25H26N2O6S/c1-27-21-15-20(10-12-22(21)33-25(27)28)34(29,30)26-16-19(13-17-7-5-4-6-8-17)18-9-11-23(31-2)24(14-18)32-3/h4-12,14-15,19,26H,13,16H2,1-3H3/t19-/m0/s1. The van der Waals surface area contributed by atoms with Crippen molar-refractivity contribution in [2.45, 2.75) is 17.2 Å². The highest BCUT2D eigenvalue weighted by atomic mass is 32.2. The number of nitrogens with one attached hydrogen (secondary N) is 1. The van der Waals surface area contributed by atoms with Crippen molar-refractivity contribution in [2.24, 2.45) is 7.05 Å². The van der Waals surface area contributed by atoms with E-state index < -0.39 is 15.8 Å². The molecule has 4 aromatic rings. The van der Waals surface area contributed by atoms with E-state index in [2.05, 4.69) is 4.72 Å². The first-order valence-electron chi connectivity index (χ1n) is 10.7. The Hall–Kier alpha value is -3.56. The molecule has 0 aliphatic heterocycles. The maximum atomic E-state index is 13.1. The first kappa shape index (κ1) is 23.6. The molecule has 3 aromatic carbocycles. The predicted molar refractivity (Wildman–Crippen MR) is 129 cm³/mol. The van der Waals surface area contributed by atoms with Crippen LogP contribution in [0.4, 0.5) is 0 Å². The van der Waals surface area contributed by atoms with Crippen molar-refractivity contribution >= 4 is 21.1 Å². The van der Waals surface area contributed by atoms with Gasteiger partial charge in [-0.15, -0.1) is 0 Å². The molecule has 0 fully saturated rings. The van der Waals surface area contributed by atoms with E-state index in [4.69, 9.17) is 13.9 Å². The third-order valence-electron chi connectivity index (χ3n) is 5.80. The SMILES string of the molecule is COc1ccc([C@H](CNS(=O)(=O)c2ccc3oc(=O)n(C)c3c2)Cc2ccccc2)cc1OC. The number of ether oxygens (including phenoxy) is 2. The lowest BCUT2D eigenvalue weighted by Gasteiger charge is -2.20. The lowest BCUT2D eigenvalue weighted by molar-refractivity contribution is 0.354. The average Bonchev–Trinajstić information content (AvgIpc) is 3.14. The minimum absolute atomic E-state index is 0.0576. The van der Waals surface area contributed by atoms with Crippen LogP contribution >= 0.6 is 0 Å². The van der Waals surface area contributed by atoms with Crippen molar-refractivity contribution < 1.29 is 22.3 Å². The maximum absolute atomic E-state index is 13.1. The zero-order chi connectivity index (χ0) is 24.3. The van der Waals surface area contributed by atoms with Crippen molar-refractivity contribution in [2.75, 3.05) is 20.8 Å². The molecule has 0 spiro atoms. The summed E-state index contributed by atoms with van der Waals surface area (Å²) in [5.41, 5.74) is 2.74. The summed E-state index contributed by atoms with van der Waals surface area (Å²) in [4.78, 5) is 11.8. The van der Waals surface area contributed by atoms with Gasteiger partial charge in [-0.3, -0.25) is 4.57 Å². The Morgan fingerprint density at radius 2 is 1.71 bits per heavy atom. The number of hydrogen-bond donors (Lipinski definition) is 1. The molecular formula is C25H26N2O6S. The maximum Gasteiger partial charge on any atom is 0.419 e. The third-order valence-corrected chi connectivity index (χ3v) is 7.22. The third kappa shape index (κ3) is 4.85. The number of methoxy groups -OCH3 is 2. The molecule has 8 nitrogen and oxygen atoms in total. The van der Waals surface area contributed by atoms with Gasteiger partial charge in [0.05, 0.1) is 24.6 Å². The van der Waals surface area contributed by atoms with Crippen molar-refractivity contribution in [3.63, 3.8) is 0 Å². The second-order valence-corrected chi connectivity index (χ2v) is 9.68. The van der Waals surface area contributed by atoms with Crippen molar-refractivity contribution in [3.05, 3.63) is 88.4 Å². The summed E-state index contributed by atoms with van der Waals surface area (Å²) in [6.45, 7) is 0.162. The van der Waals surface area contributed by atoms with Gasteiger partial charge in [-0.1, -0.05) is 36.4 Å². The zero-order valence-electron chi connectivity index (χ0n) is 19.1. The van der Waals surface area contributed by atoms with Crippen LogP contribution in [0.1, 0.15) is 17.0 Å². The summed E-state index contributed by atoms with van der Waals surface area (Å²) in [5, 5.41) is 0. The Labute approximate surface area is 197 Å². The molecule has 0 radical (unpaired) electrons. The highest BCUT2D eigenvalue weighted by Gasteiger charge is 2.21. The number of fused-ring (bicyclic) bond motifs is 1. The number of sulfonamides is 1. The molecule has 9 heteroatoms. The zero-order valence-corrected chi connectivity index (χ0v) is 20.0. The molecule has 1 N–H and O–H groups in total. The molecule has 0 saturated heterocycles. The van der Waals surface area contributed by atoms with Gasteiger partial charge in [-0.2, -0.15) is 0 Å². The molecule has 0 aliphatic carbocycles. The van der Waals surface area contributed by atoms with Gasteiger partial charge in [0.25, 0.3) is 0 Å². The normalized spacial score (nSPS) is 12.6. The second kappa shape index (κ2) is 9.74. The molecule has 34 heavy (non-hydrogen) atoms. The van der Waals surface area contributed by atoms with Crippen molar-refractivity contribution in [1.29, 1.82) is 0 Å². The van der Waals surface area contributed by atoms with E-state index in [0.29, 0.717) is 29.0 Å². The van der Waals surface area contributed by atoms with Gasteiger partial charge in [0.2, 0.25) is 10.0 Å². The quantitative estimate of drug-likeness (QED) is 0.392. The molecule has 0 aliphatic rings. The van der Waals surface area contributed by atoms with Gasteiger partial charge >= 0.3 is 5.76 Å². The average molecular weight is 483 g/mol. The van der Waals surface area contributed by atoms with E-state index in [-0.39, 0.29) is 17.4 Å². The minimum atomic E-state index is -3.85. The number of benzene rings is 3. The number of rotatable bonds is 9. The van der Waals surface area contributed by atoms with Crippen LogP contribution in [0.15, 0.2) is 80.8 Å². The lowest BCUT2D eigenvalue weighted by Crippen LogP contribution is -2.29. The van der Waals surface area contributed by atoms with Crippen LogP contribution in [0.25, 0.3) is 11.1 Å². The Kier molecular flexibility index (Phi) is 6.76. The summed E-state index contributed by atoms with van der Waals surface area (Å²) >= 11 is 0.